The smallest absolute Gasteiger partial charge is 0.352 e. The van der Waals surface area contributed by atoms with Crippen LogP contribution in [-0.4, -0.2) is 50.0 Å². The van der Waals surface area contributed by atoms with Crippen LogP contribution in [0.2, 0.25) is 5.02 Å². The van der Waals surface area contributed by atoms with Crippen LogP contribution in [0.4, 0.5) is 18.9 Å². The van der Waals surface area contributed by atoms with Crippen LogP contribution < -0.4 is 9.62 Å². The molecule has 1 saturated carbocycles. The first-order chi connectivity index (χ1) is 18.8. The van der Waals surface area contributed by atoms with Crippen LogP contribution in [0.1, 0.15) is 63.0 Å². The highest BCUT2D eigenvalue weighted by atomic mass is 35.5. The highest BCUT2D eigenvalue weighted by Crippen LogP contribution is 2.32. The Kier molecular flexibility index (Phi) is 10.9. The fraction of sp³-hybridized carbons (Fsp3) is 0.500. The van der Waals surface area contributed by atoms with Crippen LogP contribution in [0, 0.1) is 0 Å². The lowest BCUT2D eigenvalue weighted by atomic mass is 10.1. The minimum atomic E-state index is -4.64. The zero-order valence-electron chi connectivity index (χ0n) is 22.6. The van der Waals surface area contributed by atoms with Gasteiger partial charge in [-0.3, -0.25) is 13.9 Å². The van der Waals surface area contributed by atoms with Crippen molar-refractivity contribution >= 4 is 39.1 Å². The summed E-state index contributed by atoms with van der Waals surface area (Å²) in [5.74, 6) is -0.637. The van der Waals surface area contributed by atoms with E-state index in [-0.39, 0.29) is 49.5 Å². The molecule has 2 aromatic rings. The molecule has 2 amide bonds. The number of halogens is 4. The van der Waals surface area contributed by atoms with E-state index in [1.54, 1.807) is 24.3 Å². The Balaban J connectivity index is 1.79. The number of rotatable bonds is 12. The van der Waals surface area contributed by atoms with Crippen molar-refractivity contribution in [3.8, 4) is 0 Å². The summed E-state index contributed by atoms with van der Waals surface area (Å²) in [6.45, 7) is 1.68. The van der Waals surface area contributed by atoms with Gasteiger partial charge < -0.3 is 10.2 Å². The summed E-state index contributed by atoms with van der Waals surface area (Å²) >= 11 is 6.35. The maximum absolute atomic E-state index is 13.5. The molecule has 1 N–H and O–H groups in total. The van der Waals surface area contributed by atoms with Crippen molar-refractivity contribution in [2.45, 2.75) is 76.7 Å². The van der Waals surface area contributed by atoms with E-state index in [0.717, 1.165) is 54.4 Å². The molecule has 1 fully saturated rings. The first kappa shape index (κ1) is 31.7. The first-order valence-electron chi connectivity index (χ1n) is 13.3. The molecule has 1 aliphatic rings. The van der Waals surface area contributed by atoms with Gasteiger partial charge in [-0.25, -0.2) is 8.42 Å². The van der Waals surface area contributed by atoms with Gasteiger partial charge in [0.2, 0.25) is 21.8 Å². The lowest BCUT2D eigenvalue weighted by Gasteiger charge is -2.32. The molecular formula is C28H35ClF3N3O4S. The average Bonchev–Trinajstić information content (AvgIpc) is 3.39. The van der Waals surface area contributed by atoms with E-state index in [9.17, 15) is 31.2 Å². The molecule has 0 bridgehead atoms. The monoisotopic (exact) mass is 601 g/mol. The molecule has 220 valence electrons. The van der Waals surface area contributed by atoms with E-state index in [0.29, 0.717) is 17.0 Å². The quantitative estimate of drug-likeness (QED) is 0.335. The molecule has 0 saturated heterocycles. The van der Waals surface area contributed by atoms with E-state index in [4.69, 9.17) is 11.6 Å². The number of benzene rings is 2. The van der Waals surface area contributed by atoms with E-state index in [1.807, 2.05) is 6.92 Å². The van der Waals surface area contributed by atoms with Crippen LogP contribution in [0.25, 0.3) is 0 Å². The molecular weight excluding hydrogens is 567 g/mol. The lowest BCUT2D eigenvalue weighted by Crippen LogP contribution is -2.51. The minimum Gasteiger partial charge on any atom is -0.352 e. The van der Waals surface area contributed by atoms with Crippen LogP contribution in [0.5, 0.6) is 0 Å². The third-order valence-corrected chi connectivity index (χ3v) is 8.56. The van der Waals surface area contributed by atoms with Crippen molar-refractivity contribution in [3.05, 3.63) is 64.7 Å². The van der Waals surface area contributed by atoms with E-state index in [2.05, 4.69) is 5.32 Å². The van der Waals surface area contributed by atoms with Gasteiger partial charge in [0.25, 0.3) is 0 Å². The fourth-order valence-corrected chi connectivity index (χ4v) is 6.09. The third-order valence-electron chi connectivity index (χ3n) is 7.00. The topological polar surface area (TPSA) is 86.8 Å². The zero-order valence-corrected chi connectivity index (χ0v) is 24.2. The second kappa shape index (κ2) is 13.7. The van der Waals surface area contributed by atoms with E-state index < -0.39 is 27.8 Å². The van der Waals surface area contributed by atoms with Gasteiger partial charge in [-0.1, -0.05) is 55.6 Å². The summed E-state index contributed by atoms with van der Waals surface area (Å²) in [5, 5.41) is 3.50. The SMILES string of the molecule is CC[C@@H](C(=O)NC1CCCC1)N(Cc1ccccc1Cl)C(=O)CCCN(c1cccc(C(F)(F)F)c1)S(C)(=O)=O. The summed E-state index contributed by atoms with van der Waals surface area (Å²) < 4.78 is 65.5. The van der Waals surface area contributed by atoms with Crippen molar-refractivity contribution in [1.29, 1.82) is 0 Å². The molecule has 7 nitrogen and oxygen atoms in total. The summed E-state index contributed by atoms with van der Waals surface area (Å²) in [7, 11) is -3.94. The summed E-state index contributed by atoms with van der Waals surface area (Å²) in [5.41, 5.74) is -0.453. The normalized spacial score (nSPS) is 15.1. The average molecular weight is 602 g/mol. The van der Waals surface area contributed by atoms with Gasteiger partial charge >= 0.3 is 6.18 Å². The van der Waals surface area contributed by atoms with Gasteiger partial charge in [0.1, 0.15) is 6.04 Å². The Labute approximate surface area is 238 Å². The van der Waals surface area contributed by atoms with Crippen molar-refractivity contribution in [2.24, 2.45) is 0 Å². The number of nitrogens with zero attached hydrogens (tertiary/aromatic N) is 2. The number of anilines is 1. The van der Waals surface area contributed by atoms with Crippen LogP contribution in [-0.2, 0) is 32.3 Å². The Hall–Kier alpha value is -2.79. The molecule has 1 atom stereocenters. The van der Waals surface area contributed by atoms with Crippen molar-refractivity contribution < 1.29 is 31.2 Å². The predicted octanol–water partition coefficient (Wildman–Crippen LogP) is 5.77. The molecule has 0 radical (unpaired) electrons. The van der Waals surface area contributed by atoms with Crippen LogP contribution in [0.15, 0.2) is 48.5 Å². The number of carbonyl (C=O) groups is 2. The van der Waals surface area contributed by atoms with Gasteiger partial charge in [0, 0.05) is 30.6 Å². The molecule has 0 spiro atoms. The van der Waals surface area contributed by atoms with Crippen molar-refractivity contribution in [2.75, 3.05) is 17.1 Å². The van der Waals surface area contributed by atoms with Gasteiger partial charge in [-0.2, -0.15) is 13.2 Å². The van der Waals surface area contributed by atoms with Crippen molar-refractivity contribution in [1.82, 2.24) is 10.2 Å². The maximum atomic E-state index is 13.5. The fourth-order valence-electron chi connectivity index (χ4n) is 4.94. The van der Waals surface area contributed by atoms with E-state index in [1.165, 1.54) is 11.0 Å². The summed E-state index contributed by atoms with van der Waals surface area (Å²) in [4.78, 5) is 28.2. The zero-order chi connectivity index (χ0) is 29.5. The summed E-state index contributed by atoms with van der Waals surface area (Å²) in [6.07, 6.45) is 0.370. The third kappa shape index (κ3) is 8.60. The largest absolute Gasteiger partial charge is 0.416 e. The Morgan fingerprint density at radius 3 is 2.38 bits per heavy atom. The molecule has 3 rings (SSSR count). The number of alkyl halides is 3. The van der Waals surface area contributed by atoms with Gasteiger partial charge in [-0.05, 0) is 55.5 Å². The number of sulfonamides is 1. The Morgan fingerprint density at radius 1 is 1.10 bits per heavy atom. The van der Waals surface area contributed by atoms with Gasteiger partial charge in [0.05, 0.1) is 17.5 Å². The maximum Gasteiger partial charge on any atom is 0.416 e. The molecule has 1 aliphatic carbocycles. The highest BCUT2D eigenvalue weighted by molar-refractivity contribution is 7.92. The molecule has 40 heavy (non-hydrogen) atoms. The highest BCUT2D eigenvalue weighted by Gasteiger charge is 2.33. The summed E-state index contributed by atoms with van der Waals surface area (Å²) in [6, 6.07) is 10.4. The molecule has 0 aromatic heterocycles. The first-order valence-corrected chi connectivity index (χ1v) is 15.5. The minimum absolute atomic E-state index is 0.0296. The second-order valence-electron chi connectivity index (χ2n) is 10.0. The number of carbonyl (C=O) groups excluding carboxylic acids is 2. The Morgan fingerprint density at radius 2 is 1.77 bits per heavy atom. The Bertz CT molecular complexity index is 1280. The second-order valence-corrected chi connectivity index (χ2v) is 12.3. The number of amides is 2. The molecule has 0 unspecified atom stereocenters. The molecule has 0 aliphatic heterocycles. The molecule has 2 aromatic carbocycles. The molecule has 0 heterocycles. The van der Waals surface area contributed by atoms with Gasteiger partial charge in [-0.15, -0.1) is 0 Å². The number of nitrogens with one attached hydrogen (secondary N) is 1. The predicted molar refractivity (Wildman–Crippen MR) is 149 cm³/mol. The van der Waals surface area contributed by atoms with Crippen LogP contribution >= 0.6 is 11.6 Å². The van der Waals surface area contributed by atoms with Crippen LogP contribution in [0.3, 0.4) is 0 Å². The number of hydrogen-bond acceptors (Lipinski definition) is 4. The molecule has 12 heteroatoms. The van der Waals surface area contributed by atoms with Gasteiger partial charge in [0.15, 0.2) is 0 Å². The lowest BCUT2D eigenvalue weighted by molar-refractivity contribution is -0.141. The van der Waals surface area contributed by atoms with E-state index >= 15 is 0 Å². The number of hydrogen-bond donors (Lipinski definition) is 1. The van der Waals surface area contributed by atoms with Crippen molar-refractivity contribution in [3.63, 3.8) is 0 Å². The standard InChI is InChI=1S/C28H35ClF3N3O4S/c1-3-25(27(37)33-22-12-5-6-13-22)34(19-20-10-4-7-15-24(20)29)26(36)16-9-17-35(40(2,38)39)23-14-8-11-21(18-23)28(30,31)32/h4,7-8,10-11,14-15,18,22,25H,3,5-6,9,12-13,16-17,19H2,1-2H3,(H,33,37)/t25-/m0/s1.